The molecule has 0 radical (unpaired) electrons. The van der Waals surface area contributed by atoms with Gasteiger partial charge in [0.2, 0.25) is 5.91 Å². The van der Waals surface area contributed by atoms with Gasteiger partial charge in [0, 0.05) is 58.3 Å². The Morgan fingerprint density at radius 1 is 1.24 bits per heavy atom. The molecule has 2 atom stereocenters. The van der Waals surface area contributed by atoms with Gasteiger partial charge in [0.25, 0.3) is 0 Å². The number of nitrogens with zero attached hydrogens (tertiary/aromatic N) is 4. The number of carbonyl (C=O) groups excluding carboxylic acids is 1. The first kappa shape index (κ1) is 22.4. The molecule has 0 aromatic heterocycles. The summed E-state index contributed by atoms with van der Waals surface area (Å²) in [5, 5.41) is 3.40. The molecule has 1 amide bonds. The monoisotopic (exact) mass is 467 g/mol. The van der Waals surface area contributed by atoms with Crippen LogP contribution >= 0.6 is 24.0 Å². The summed E-state index contributed by atoms with van der Waals surface area (Å²) in [4.78, 5) is 23.0. The van der Waals surface area contributed by atoms with Crippen LogP contribution in [-0.4, -0.2) is 97.7 Å². The lowest BCUT2D eigenvalue weighted by molar-refractivity contribution is -0.130. The predicted octanol–water partition coefficient (Wildman–Crippen LogP) is 0.843. The Bertz CT molecular complexity index is 441. The third-order valence-corrected chi connectivity index (χ3v) is 4.85. The summed E-state index contributed by atoms with van der Waals surface area (Å²) in [5.74, 6) is 1.12. The molecule has 8 heteroatoms. The number of aliphatic imine (C=N–C) groups is 1. The predicted molar refractivity (Wildman–Crippen MR) is 112 cm³/mol. The molecular formula is C17H34IN5O2. The Morgan fingerprint density at radius 2 is 1.88 bits per heavy atom. The number of guanidine groups is 1. The number of amides is 1. The molecule has 0 aliphatic carbocycles. The van der Waals surface area contributed by atoms with Gasteiger partial charge in [0.1, 0.15) is 0 Å². The van der Waals surface area contributed by atoms with E-state index in [4.69, 9.17) is 9.73 Å². The van der Waals surface area contributed by atoms with Gasteiger partial charge in [-0.3, -0.25) is 14.7 Å². The van der Waals surface area contributed by atoms with Crippen LogP contribution in [0.4, 0.5) is 0 Å². The zero-order chi connectivity index (χ0) is 17.5. The molecule has 2 aliphatic rings. The van der Waals surface area contributed by atoms with Gasteiger partial charge >= 0.3 is 0 Å². The number of halogens is 1. The second-order valence-corrected chi connectivity index (χ2v) is 6.70. The number of hydrogen-bond donors (Lipinski definition) is 1. The van der Waals surface area contributed by atoms with E-state index in [9.17, 15) is 4.79 Å². The summed E-state index contributed by atoms with van der Waals surface area (Å²) in [6.07, 6.45) is 0. The maximum Gasteiger partial charge on any atom is 0.219 e. The third kappa shape index (κ3) is 6.56. The van der Waals surface area contributed by atoms with Crippen molar-refractivity contribution in [1.29, 1.82) is 0 Å². The number of morpholine rings is 1. The standard InChI is InChI=1S/C17H33N5O2.HI/c1-5-18-17(21-8-6-20(7-9-21)16(4)23)19-12-14(2)22-10-11-24-13-15(22)3;/h14-15H,5-13H2,1-4H3,(H,18,19);1H. The SMILES string of the molecule is CCNC(=NCC(C)N1CCOCC1C)N1CCN(C(C)=O)CC1.I. The summed E-state index contributed by atoms with van der Waals surface area (Å²) >= 11 is 0. The van der Waals surface area contributed by atoms with E-state index in [0.717, 1.165) is 65.0 Å². The first-order valence-corrected chi connectivity index (χ1v) is 9.15. The van der Waals surface area contributed by atoms with Crippen molar-refractivity contribution in [3.8, 4) is 0 Å². The highest BCUT2D eigenvalue weighted by molar-refractivity contribution is 14.0. The van der Waals surface area contributed by atoms with E-state index in [2.05, 4.69) is 35.9 Å². The largest absolute Gasteiger partial charge is 0.379 e. The van der Waals surface area contributed by atoms with Crippen LogP contribution in [0.15, 0.2) is 4.99 Å². The Hall–Kier alpha value is -0.610. The lowest BCUT2D eigenvalue weighted by Gasteiger charge is -2.38. The van der Waals surface area contributed by atoms with Crippen LogP contribution in [0.25, 0.3) is 0 Å². The summed E-state index contributed by atoms with van der Waals surface area (Å²) in [6, 6.07) is 0.849. The van der Waals surface area contributed by atoms with Gasteiger partial charge in [0.05, 0.1) is 19.8 Å². The average molecular weight is 467 g/mol. The number of hydrogen-bond acceptors (Lipinski definition) is 4. The van der Waals surface area contributed by atoms with Crippen LogP contribution in [0.1, 0.15) is 27.7 Å². The second-order valence-electron chi connectivity index (χ2n) is 6.70. The van der Waals surface area contributed by atoms with Crippen LogP contribution in [0, 0.1) is 0 Å². The van der Waals surface area contributed by atoms with Crippen molar-refractivity contribution >= 4 is 35.8 Å². The van der Waals surface area contributed by atoms with E-state index in [1.165, 1.54) is 0 Å². The molecule has 0 saturated carbocycles. The number of carbonyl (C=O) groups is 1. The highest BCUT2D eigenvalue weighted by atomic mass is 127. The molecule has 146 valence electrons. The third-order valence-electron chi connectivity index (χ3n) is 4.85. The van der Waals surface area contributed by atoms with E-state index in [1.807, 2.05) is 4.90 Å². The van der Waals surface area contributed by atoms with Crippen molar-refractivity contribution in [2.45, 2.75) is 39.8 Å². The molecule has 7 nitrogen and oxygen atoms in total. The zero-order valence-electron chi connectivity index (χ0n) is 16.0. The molecular weight excluding hydrogens is 433 g/mol. The van der Waals surface area contributed by atoms with Crippen LogP contribution < -0.4 is 5.32 Å². The van der Waals surface area contributed by atoms with Crippen LogP contribution in [-0.2, 0) is 9.53 Å². The highest BCUT2D eigenvalue weighted by Crippen LogP contribution is 2.11. The molecule has 2 saturated heterocycles. The Morgan fingerprint density at radius 3 is 2.44 bits per heavy atom. The minimum absolute atomic E-state index is 0. The van der Waals surface area contributed by atoms with Gasteiger partial charge < -0.3 is 19.9 Å². The van der Waals surface area contributed by atoms with Crippen molar-refractivity contribution in [3.05, 3.63) is 0 Å². The molecule has 0 aromatic rings. The summed E-state index contributed by atoms with van der Waals surface area (Å²) in [7, 11) is 0. The molecule has 2 fully saturated rings. The smallest absolute Gasteiger partial charge is 0.219 e. The first-order chi connectivity index (χ1) is 11.5. The van der Waals surface area contributed by atoms with Gasteiger partial charge in [-0.25, -0.2) is 0 Å². The number of piperazine rings is 1. The quantitative estimate of drug-likeness (QED) is 0.378. The van der Waals surface area contributed by atoms with Gasteiger partial charge in [0.15, 0.2) is 5.96 Å². The minimum Gasteiger partial charge on any atom is -0.379 e. The van der Waals surface area contributed by atoms with Gasteiger partial charge in [-0.05, 0) is 20.8 Å². The van der Waals surface area contributed by atoms with Crippen molar-refractivity contribution in [2.24, 2.45) is 4.99 Å². The summed E-state index contributed by atoms with van der Waals surface area (Å²) in [6.45, 7) is 15.6. The molecule has 2 rings (SSSR count). The maximum absolute atomic E-state index is 11.5. The Labute approximate surface area is 169 Å². The average Bonchev–Trinajstić information content (AvgIpc) is 2.59. The van der Waals surface area contributed by atoms with Crippen LogP contribution in [0.3, 0.4) is 0 Å². The van der Waals surface area contributed by atoms with Gasteiger partial charge in [-0.15, -0.1) is 24.0 Å². The molecule has 2 unspecified atom stereocenters. The summed E-state index contributed by atoms with van der Waals surface area (Å²) in [5.41, 5.74) is 0. The van der Waals surface area contributed by atoms with E-state index >= 15 is 0 Å². The van der Waals surface area contributed by atoms with Crippen molar-refractivity contribution in [3.63, 3.8) is 0 Å². The molecule has 2 heterocycles. The van der Waals surface area contributed by atoms with Crippen LogP contribution in [0.2, 0.25) is 0 Å². The fourth-order valence-electron chi connectivity index (χ4n) is 3.38. The molecule has 2 aliphatic heterocycles. The van der Waals surface area contributed by atoms with Crippen molar-refractivity contribution in [2.75, 3.05) is 59.0 Å². The van der Waals surface area contributed by atoms with E-state index in [1.54, 1.807) is 6.92 Å². The minimum atomic E-state index is 0. The van der Waals surface area contributed by atoms with Crippen LogP contribution in [0.5, 0.6) is 0 Å². The number of rotatable bonds is 4. The van der Waals surface area contributed by atoms with Crippen molar-refractivity contribution < 1.29 is 9.53 Å². The zero-order valence-corrected chi connectivity index (χ0v) is 18.4. The molecule has 0 spiro atoms. The van der Waals surface area contributed by atoms with E-state index in [0.29, 0.717) is 12.1 Å². The van der Waals surface area contributed by atoms with Gasteiger partial charge in [-0.2, -0.15) is 0 Å². The summed E-state index contributed by atoms with van der Waals surface area (Å²) < 4.78 is 5.52. The number of nitrogens with one attached hydrogen (secondary N) is 1. The molecule has 0 aromatic carbocycles. The Kier molecular flexibility index (Phi) is 10.0. The molecule has 0 bridgehead atoms. The highest BCUT2D eigenvalue weighted by Gasteiger charge is 2.24. The first-order valence-electron chi connectivity index (χ1n) is 9.15. The van der Waals surface area contributed by atoms with E-state index in [-0.39, 0.29) is 29.9 Å². The normalized spacial score (nSPS) is 23.8. The molecule has 1 N–H and O–H groups in total. The maximum atomic E-state index is 11.5. The lowest BCUT2D eigenvalue weighted by atomic mass is 10.2. The topological polar surface area (TPSA) is 60.4 Å². The lowest BCUT2D eigenvalue weighted by Crippen LogP contribution is -2.54. The molecule has 25 heavy (non-hydrogen) atoms. The van der Waals surface area contributed by atoms with Gasteiger partial charge in [-0.1, -0.05) is 0 Å². The fraction of sp³-hybridized carbons (Fsp3) is 0.882. The second kappa shape index (κ2) is 11.2. The Balaban J connectivity index is 0.00000312. The fourth-order valence-corrected chi connectivity index (χ4v) is 3.38. The van der Waals surface area contributed by atoms with Crippen molar-refractivity contribution in [1.82, 2.24) is 20.0 Å². The van der Waals surface area contributed by atoms with E-state index < -0.39 is 0 Å². The number of ether oxygens (including phenoxy) is 1.